The molecule has 0 saturated heterocycles. The SMILES string of the molecule is CNC(=O)c1cccc(-c2ccc(S(=O)(=O)NCc3cn(C(Cc4ccc(OC)cc4)C(=O)O)nn3)s2)c1. The van der Waals surface area contributed by atoms with Gasteiger partial charge in [0.05, 0.1) is 25.5 Å². The highest BCUT2D eigenvalue weighted by Crippen LogP contribution is 2.31. The average Bonchev–Trinajstić information content (AvgIpc) is 3.61. The Morgan fingerprint density at radius 2 is 1.89 bits per heavy atom. The molecule has 4 rings (SSSR count). The Labute approximate surface area is 223 Å². The monoisotopic (exact) mass is 555 g/mol. The molecule has 2 aromatic heterocycles. The van der Waals surface area contributed by atoms with Crippen LogP contribution in [0.15, 0.2) is 71.1 Å². The Morgan fingerprint density at radius 3 is 2.58 bits per heavy atom. The summed E-state index contributed by atoms with van der Waals surface area (Å²) in [4.78, 5) is 24.5. The zero-order valence-corrected chi connectivity index (χ0v) is 22.1. The number of sulfonamides is 1. The number of hydrogen-bond acceptors (Lipinski definition) is 8. The summed E-state index contributed by atoms with van der Waals surface area (Å²) in [5, 5.41) is 20.1. The second-order valence-electron chi connectivity index (χ2n) is 8.20. The smallest absolute Gasteiger partial charge is 0.328 e. The van der Waals surface area contributed by atoms with Crippen molar-refractivity contribution < 1.29 is 27.9 Å². The maximum absolute atomic E-state index is 12.9. The highest BCUT2D eigenvalue weighted by atomic mass is 32.2. The number of rotatable bonds is 11. The fourth-order valence-electron chi connectivity index (χ4n) is 3.64. The fraction of sp³-hybridized carbons (Fsp3) is 0.200. The maximum atomic E-state index is 12.9. The number of carboxylic acids is 1. The molecule has 2 aromatic carbocycles. The lowest BCUT2D eigenvalue weighted by Crippen LogP contribution is -2.23. The summed E-state index contributed by atoms with van der Waals surface area (Å²) in [7, 11) is -0.789. The van der Waals surface area contributed by atoms with E-state index in [0.717, 1.165) is 22.5 Å². The van der Waals surface area contributed by atoms with Crippen LogP contribution in [0.3, 0.4) is 0 Å². The first-order valence-corrected chi connectivity index (χ1v) is 13.7. The molecule has 0 saturated carbocycles. The number of carbonyl (C=O) groups excluding carboxylic acids is 1. The molecule has 3 N–H and O–H groups in total. The third-order valence-electron chi connectivity index (χ3n) is 5.68. The number of nitrogens with zero attached hydrogens (tertiary/aromatic N) is 3. The van der Waals surface area contributed by atoms with Crippen LogP contribution in [-0.2, 0) is 27.8 Å². The van der Waals surface area contributed by atoms with Crippen LogP contribution in [0.1, 0.15) is 27.7 Å². The lowest BCUT2D eigenvalue weighted by atomic mass is 10.1. The Balaban J connectivity index is 1.44. The van der Waals surface area contributed by atoms with Gasteiger partial charge < -0.3 is 15.2 Å². The first kappa shape index (κ1) is 27.0. The van der Waals surface area contributed by atoms with E-state index in [-0.39, 0.29) is 28.8 Å². The molecule has 1 unspecified atom stereocenters. The van der Waals surface area contributed by atoms with Gasteiger partial charge in [-0.2, -0.15) is 0 Å². The summed E-state index contributed by atoms with van der Waals surface area (Å²) >= 11 is 1.06. The van der Waals surface area contributed by atoms with Gasteiger partial charge >= 0.3 is 5.97 Å². The van der Waals surface area contributed by atoms with Crippen LogP contribution in [0.5, 0.6) is 5.75 Å². The number of carboxylic acid groups (broad SMARTS) is 1. The Morgan fingerprint density at radius 1 is 1.13 bits per heavy atom. The second-order valence-corrected chi connectivity index (χ2v) is 11.3. The Bertz CT molecular complexity index is 1550. The van der Waals surface area contributed by atoms with E-state index in [9.17, 15) is 23.1 Å². The van der Waals surface area contributed by atoms with Gasteiger partial charge in [0.25, 0.3) is 5.91 Å². The molecule has 4 aromatic rings. The summed E-state index contributed by atoms with van der Waals surface area (Å²) in [6.45, 7) is -0.170. The van der Waals surface area contributed by atoms with E-state index in [1.807, 2.05) is 0 Å². The number of ether oxygens (including phenoxy) is 1. The fourth-order valence-corrected chi connectivity index (χ4v) is 5.99. The minimum Gasteiger partial charge on any atom is -0.497 e. The molecule has 11 nitrogen and oxygen atoms in total. The molecule has 38 heavy (non-hydrogen) atoms. The summed E-state index contributed by atoms with van der Waals surface area (Å²) in [5.74, 6) is -0.671. The summed E-state index contributed by atoms with van der Waals surface area (Å²) < 4.78 is 34.7. The van der Waals surface area contributed by atoms with E-state index in [2.05, 4.69) is 20.4 Å². The van der Waals surface area contributed by atoms with Crippen molar-refractivity contribution in [1.29, 1.82) is 0 Å². The number of carbonyl (C=O) groups is 2. The van der Waals surface area contributed by atoms with Gasteiger partial charge in [-0.3, -0.25) is 4.79 Å². The van der Waals surface area contributed by atoms with Gasteiger partial charge in [-0.1, -0.05) is 29.5 Å². The first-order valence-electron chi connectivity index (χ1n) is 11.4. The van der Waals surface area contributed by atoms with Gasteiger partial charge in [-0.15, -0.1) is 16.4 Å². The molecule has 0 fully saturated rings. The van der Waals surface area contributed by atoms with Gasteiger partial charge in [-0.25, -0.2) is 22.6 Å². The third-order valence-corrected chi connectivity index (χ3v) is 8.70. The lowest BCUT2D eigenvalue weighted by Gasteiger charge is -2.12. The second kappa shape index (κ2) is 11.5. The van der Waals surface area contributed by atoms with Gasteiger partial charge in [-0.05, 0) is 47.5 Å². The molecule has 198 valence electrons. The van der Waals surface area contributed by atoms with Crippen molar-refractivity contribution in [2.45, 2.75) is 23.2 Å². The van der Waals surface area contributed by atoms with Crippen molar-refractivity contribution in [2.75, 3.05) is 14.2 Å². The highest BCUT2D eigenvalue weighted by Gasteiger charge is 2.23. The molecule has 0 radical (unpaired) electrons. The first-order chi connectivity index (χ1) is 18.2. The van der Waals surface area contributed by atoms with Crippen molar-refractivity contribution in [1.82, 2.24) is 25.0 Å². The van der Waals surface area contributed by atoms with Crippen LogP contribution >= 0.6 is 11.3 Å². The van der Waals surface area contributed by atoms with Crippen molar-refractivity contribution in [3.63, 3.8) is 0 Å². The molecule has 13 heteroatoms. The van der Waals surface area contributed by atoms with E-state index < -0.39 is 22.0 Å². The standard InChI is InChI=1S/C25H25N5O6S2/c1-26-24(31)18-5-3-4-17(13-18)22-10-11-23(37-22)38(34,35)27-14-19-15-30(29-28-19)21(25(32)33)12-16-6-8-20(36-2)9-7-16/h3-11,13,15,21,27H,12,14H2,1-2H3,(H,26,31)(H,32,33). The quantitative estimate of drug-likeness (QED) is 0.255. The number of methoxy groups -OCH3 is 1. The number of aromatic nitrogens is 3. The summed E-state index contributed by atoms with van der Waals surface area (Å²) in [6.07, 6.45) is 1.57. The van der Waals surface area contributed by atoms with Crippen LogP contribution in [0.25, 0.3) is 10.4 Å². The number of hydrogen-bond donors (Lipinski definition) is 3. The number of thiophene rings is 1. The molecule has 0 bridgehead atoms. The largest absolute Gasteiger partial charge is 0.497 e. The molecular formula is C25H25N5O6S2. The van der Waals surface area contributed by atoms with Crippen LogP contribution in [0, 0.1) is 0 Å². The van der Waals surface area contributed by atoms with E-state index in [1.54, 1.807) is 61.7 Å². The maximum Gasteiger partial charge on any atom is 0.328 e. The molecule has 0 spiro atoms. The molecule has 2 heterocycles. The molecular weight excluding hydrogens is 530 g/mol. The van der Waals surface area contributed by atoms with Crippen molar-refractivity contribution in [2.24, 2.45) is 0 Å². The third kappa shape index (κ3) is 6.25. The Hall–Kier alpha value is -4.07. The topological polar surface area (TPSA) is 153 Å². The number of amides is 1. The lowest BCUT2D eigenvalue weighted by molar-refractivity contribution is -0.141. The van der Waals surface area contributed by atoms with Crippen LogP contribution in [0.2, 0.25) is 0 Å². The van der Waals surface area contributed by atoms with Gasteiger partial charge in [0, 0.05) is 23.9 Å². The van der Waals surface area contributed by atoms with E-state index in [4.69, 9.17) is 4.74 Å². The summed E-state index contributed by atoms with van der Waals surface area (Å²) in [6, 6.07) is 16.1. The van der Waals surface area contributed by atoms with Gasteiger partial charge in [0.2, 0.25) is 10.0 Å². The van der Waals surface area contributed by atoms with Crippen molar-refractivity contribution in [3.05, 3.63) is 83.7 Å². The van der Waals surface area contributed by atoms with Crippen LogP contribution in [-0.4, -0.2) is 54.6 Å². The predicted molar refractivity (Wildman–Crippen MR) is 141 cm³/mol. The molecule has 1 atom stereocenters. The number of benzene rings is 2. The van der Waals surface area contributed by atoms with E-state index >= 15 is 0 Å². The highest BCUT2D eigenvalue weighted by molar-refractivity contribution is 7.91. The normalized spacial score (nSPS) is 12.2. The molecule has 1 amide bonds. The Kier molecular flexibility index (Phi) is 8.20. The van der Waals surface area contributed by atoms with Crippen LogP contribution < -0.4 is 14.8 Å². The number of aliphatic carboxylic acids is 1. The van der Waals surface area contributed by atoms with E-state index in [1.165, 1.54) is 24.0 Å². The minimum absolute atomic E-state index is 0.0909. The van der Waals surface area contributed by atoms with E-state index in [0.29, 0.717) is 16.2 Å². The zero-order valence-electron chi connectivity index (χ0n) is 20.5. The molecule has 0 aliphatic carbocycles. The summed E-state index contributed by atoms with van der Waals surface area (Å²) in [5.41, 5.74) is 2.22. The average molecular weight is 556 g/mol. The van der Waals surface area contributed by atoms with Crippen molar-refractivity contribution >= 4 is 33.2 Å². The van der Waals surface area contributed by atoms with Crippen LogP contribution in [0.4, 0.5) is 0 Å². The predicted octanol–water partition coefficient (Wildman–Crippen LogP) is 2.72. The van der Waals surface area contributed by atoms with Gasteiger partial charge in [0.15, 0.2) is 6.04 Å². The zero-order chi connectivity index (χ0) is 27.3. The number of nitrogens with one attached hydrogen (secondary N) is 2. The molecule has 0 aliphatic rings. The molecule has 0 aliphatic heterocycles. The van der Waals surface area contributed by atoms with Gasteiger partial charge in [0.1, 0.15) is 9.96 Å². The van der Waals surface area contributed by atoms with Crippen molar-refractivity contribution in [3.8, 4) is 16.2 Å². The minimum atomic E-state index is -3.88.